The Morgan fingerprint density at radius 2 is 1.32 bits per heavy atom. The molecule has 0 aliphatic heterocycles. The minimum Gasteiger partial charge on any atom is -0.374 e. The fraction of sp³-hybridized carbons (Fsp3) is 0.733. The van der Waals surface area contributed by atoms with Crippen LogP contribution in [0.3, 0.4) is 0 Å². The van der Waals surface area contributed by atoms with E-state index in [1.54, 1.807) is 6.08 Å². The molecule has 19 heavy (non-hydrogen) atoms. The van der Waals surface area contributed by atoms with E-state index in [4.69, 9.17) is 13.3 Å². The molecule has 0 radical (unpaired) electrons. The SMILES string of the molecule is C=CCCCC.C=CC[Si](OCC)(OCC)OCC. The van der Waals surface area contributed by atoms with Gasteiger partial charge in [0, 0.05) is 25.9 Å². The lowest BCUT2D eigenvalue weighted by molar-refractivity contribution is 0.0743. The van der Waals surface area contributed by atoms with Gasteiger partial charge in [-0.25, -0.2) is 0 Å². The van der Waals surface area contributed by atoms with E-state index in [-0.39, 0.29) is 0 Å². The van der Waals surface area contributed by atoms with Crippen LogP contribution >= 0.6 is 0 Å². The van der Waals surface area contributed by atoms with Crippen molar-refractivity contribution >= 4 is 8.80 Å². The van der Waals surface area contributed by atoms with Crippen molar-refractivity contribution in [3.63, 3.8) is 0 Å². The Morgan fingerprint density at radius 1 is 0.842 bits per heavy atom. The highest BCUT2D eigenvalue weighted by atomic mass is 28.4. The molecule has 0 aromatic carbocycles. The lowest BCUT2D eigenvalue weighted by Gasteiger charge is -2.27. The summed E-state index contributed by atoms with van der Waals surface area (Å²) in [7, 11) is -2.41. The Kier molecular flexibility index (Phi) is 17.2. The van der Waals surface area contributed by atoms with Crippen LogP contribution in [0.2, 0.25) is 6.04 Å². The Bertz CT molecular complexity index is 191. The monoisotopic (exact) mass is 288 g/mol. The average Bonchev–Trinajstić information content (AvgIpc) is 2.38. The van der Waals surface area contributed by atoms with Gasteiger partial charge < -0.3 is 13.3 Å². The Balaban J connectivity index is 0. The van der Waals surface area contributed by atoms with Crippen molar-refractivity contribution in [1.82, 2.24) is 0 Å². The summed E-state index contributed by atoms with van der Waals surface area (Å²) in [5.74, 6) is 0. The summed E-state index contributed by atoms with van der Waals surface area (Å²) in [5.41, 5.74) is 0. The van der Waals surface area contributed by atoms with Crippen LogP contribution in [0.15, 0.2) is 25.3 Å². The van der Waals surface area contributed by atoms with Gasteiger partial charge >= 0.3 is 8.80 Å². The molecule has 3 nitrogen and oxygen atoms in total. The molecule has 0 heterocycles. The zero-order valence-electron chi connectivity index (χ0n) is 13.2. The first-order valence-electron chi connectivity index (χ1n) is 7.29. The predicted molar refractivity (Wildman–Crippen MR) is 85.4 cm³/mol. The van der Waals surface area contributed by atoms with Crippen molar-refractivity contribution in [2.24, 2.45) is 0 Å². The molecule has 0 aromatic rings. The van der Waals surface area contributed by atoms with Crippen molar-refractivity contribution in [2.75, 3.05) is 19.8 Å². The molecule has 0 rings (SSSR count). The van der Waals surface area contributed by atoms with Crippen molar-refractivity contribution in [2.45, 2.75) is 53.0 Å². The summed E-state index contributed by atoms with van der Waals surface area (Å²) < 4.78 is 16.7. The molecule has 0 aliphatic rings. The molecule has 0 fully saturated rings. The Hall–Kier alpha value is -0.423. The van der Waals surface area contributed by atoms with E-state index >= 15 is 0 Å². The van der Waals surface area contributed by atoms with Gasteiger partial charge in [0.25, 0.3) is 0 Å². The molecule has 0 N–H and O–H groups in total. The molecular formula is C15H32O3Si. The van der Waals surface area contributed by atoms with Crippen LogP contribution in [-0.4, -0.2) is 28.6 Å². The van der Waals surface area contributed by atoms with Gasteiger partial charge in [-0.15, -0.1) is 13.2 Å². The largest absolute Gasteiger partial charge is 0.504 e. The number of unbranched alkanes of at least 4 members (excludes halogenated alkanes) is 2. The summed E-state index contributed by atoms with van der Waals surface area (Å²) in [6, 6.07) is 0.683. The molecule has 114 valence electrons. The molecule has 0 amide bonds. The quantitative estimate of drug-likeness (QED) is 0.316. The number of hydrogen-bond donors (Lipinski definition) is 0. The first-order valence-corrected chi connectivity index (χ1v) is 9.23. The highest BCUT2D eigenvalue weighted by molar-refractivity contribution is 6.61. The molecule has 0 unspecified atom stereocenters. The van der Waals surface area contributed by atoms with Crippen LogP contribution in [-0.2, 0) is 13.3 Å². The van der Waals surface area contributed by atoms with E-state index in [0.29, 0.717) is 25.9 Å². The minimum atomic E-state index is -2.41. The molecule has 0 bridgehead atoms. The van der Waals surface area contributed by atoms with Crippen LogP contribution < -0.4 is 0 Å². The number of hydrogen-bond acceptors (Lipinski definition) is 3. The lowest BCUT2D eigenvalue weighted by Crippen LogP contribution is -2.45. The van der Waals surface area contributed by atoms with E-state index in [1.807, 2.05) is 26.8 Å². The van der Waals surface area contributed by atoms with Crippen LogP contribution in [0, 0.1) is 0 Å². The van der Waals surface area contributed by atoms with Gasteiger partial charge in [0.05, 0.1) is 0 Å². The molecular weight excluding hydrogens is 256 g/mol. The van der Waals surface area contributed by atoms with Gasteiger partial charge in [-0.05, 0) is 27.2 Å². The molecule has 0 spiro atoms. The van der Waals surface area contributed by atoms with E-state index in [9.17, 15) is 0 Å². The highest BCUT2D eigenvalue weighted by Crippen LogP contribution is 2.15. The Labute approximate surface area is 121 Å². The second kappa shape index (κ2) is 15.6. The number of rotatable bonds is 11. The average molecular weight is 289 g/mol. The summed E-state index contributed by atoms with van der Waals surface area (Å²) in [6.45, 7) is 17.2. The maximum absolute atomic E-state index is 5.57. The van der Waals surface area contributed by atoms with Gasteiger partial charge in [-0.2, -0.15) is 0 Å². The molecule has 0 saturated heterocycles. The third kappa shape index (κ3) is 12.4. The predicted octanol–water partition coefficient (Wildman–Crippen LogP) is 4.58. The molecule has 0 aromatic heterocycles. The Morgan fingerprint density at radius 3 is 1.53 bits per heavy atom. The third-order valence-electron chi connectivity index (χ3n) is 2.25. The second-order valence-electron chi connectivity index (χ2n) is 3.91. The van der Waals surface area contributed by atoms with Gasteiger partial charge in [-0.1, -0.05) is 31.9 Å². The fourth-order valence-electron chi connectivity index (χ4n) is 1.49. The van der Waals surface area contributed by atoms with Crippen molar-refractivity contribution in [1.29, 1.82) is 0 Å². The molecule has 0 aliphatic carbocycles. The molecule has 0 atom stereocenters. The van der Waals surface area contributed by atoms with Crippen LogP contribution in [0.4, 0.5) is 0 Å². The van der Waals surface area contributed by atoms with Crippen molar-refractivity contribution in [3.8, 4) is 0 Å². The maximum atomic E-state index is 5.57. The van der Waals surface area contributed by atoms with E-state index in [0.717, 1.165) is 0 Å². The van der Waals surface area contributed by atoms with Crippen LogP contribution in [0.5, 0.6) is 0 Å². The van der Waals surface area contributed by atoms with Gasteiger partial charge in [0.2, 0.25) is 0 Å². The van der Waals surface area contributed by atoms with Crippen molar-refractivity contribution in [3.05, 3.63) is 25.3 Å². The minimum absolute atomic E-state index is 0.625. The van der Waals surface area contributed by atoms with Crippen LogP contribution in [0.1, 0.15) is 47.0 Å². The van der Waals surface area contributed by atoms with Crippen LogP contribution in [0.25, 0.3) is 0 Å². The van der Waals surface area contributed by atoms with Crippen molar-refractivity contribution < 1.29 is 13.3 Å². The van der Waals surface area contributed by atoms with Gasteiger partial charge in [0.1, 0.15) is 0 Å². The maximum Gasteiger partial charge on any atom is 0.504 e. The van der Waals surface area contributed by atoms with E-state index in [2.05, 4.69) is 20.1 Å². The number of allylic oxidation sites excluding steroid dienone is 2. The first-order chi connectivity index (χ1) is 9.16. The topological polar surface area (TPSA) is 27.7 Å². The summed E-state index contributed by atoms with van der Waals surface area (Å²) in [4.78, 5) is 0. The third-order valence-corrected chi connectivity index (χ3v) is 5.22. The first kappa shape index (κ1) is 20.9. The lowest BCUT2D eigenvalue weighted by atomic mass is 10.3. The highest BCUT2D eigenvalue weighted by Gasteiger charge is 2.38. The normalized spacial score (nSPS) is 10.5. The summed E-state index contributed by atoms with van der Waals surface area (Å²) in [5, 5.41) is 0. The second-order valence-corrected chi connectivity index (χ2v) is 6.55. The van der Waals surface area contributed by atoms with Gasteiger partial charge in [-0.3, -0.25) is 0 Å². The van der Waals surface area contributed by atoms with E-state index in [1.165, 1.54) is 19.3 Å². The standard InChI is InChI=1S/C9H20O3Si.C6H12/c1-5-9-13(10-6-2,11-7-3)12-8-4;1-3-5-6-4-2/h5H,1,6-9H2,2-4H3;3H,1,4-6H2,2H3. The fourth-order valence-corrected chi connectivity index (χ4v) is 3.76. The summed E-state index contributed by atoms with van der Waals surface area (Å²) >= 11 is 0. The van der Waals surface area contributed by atoms with Gasteiger partial charge in [0.15, 0.2) is 0 Å². The summed E-state index contributed by atoms with van der Waals surface area (Å²) in [6.07, 6.45) is 7.52. The zero-order valence-corrected chi connectivity index (χ0v) is 14.2. The molecule has 4 heteroatoms. The molecule has 0 saturated carbocycles. The van der Waals surface area contributed by atoms with E-state index < -0.39 is 8.80 Å². The zero-order chi connectivity index (χ0) is 15.0. The smallest absolute Gasteiger partial charge is 0.374 e.